The number of hydrogen-bond donors (Lipinski definition) is 0. The van der Waals surface area contributed by atoms with E-state index in [0.717, 1.165) is 43.7 Å². The number of rotatable bonds is 7. The van der Waals surface area contributed by atoms with Crippen LogP contribution in [0.25, 0.3) is 0 Å². The molecule has 0 saturated carbocycles. The number of benzene rings is 1. The zero-order chi connectivity index (χ0) is 20.8. The maximum Gasteiger partial charge on any atom is 0.308 e. The number of carbonyl (C=O) groups is 2. The molecule has 6 heteroatoms. The molecular weight excluding hydrogens is 366 g/mol. The van der Waals surface area contributed by atoms with Crippen molar-refractivity contribution in [1.82, 2.24) is 14.7 Å². The molecule has 156 valence electrons. The first-order valence-corrected chi connectivity index (χ1v) is 10.5. The van der Waals surface area contributed by atoms with Crippen LogP contribution in [-0.4, -0.2) is 45.8 Å². The molecule has 0 bridgehead atoms. The molecule has 6 nitrogen and oxygen atoms in total. The van der Waals surface area contributed by atoms with Gasteiger partial charge in [0, 0.05) is 18.8 Å². The van der Waals surface area contributed by atoms with E-state index in [0.29, 0.717) is 12.5 Å². The highest BCUT2D eigenvalue weighted by atomic mass is 16.5. The summed E-state index contributed by atoms with van der Waals surface area (Å²) in [6, 6.07) is 12.5. The van der Waals surface area contributed by atoms with E-state index >= 15 is 0 Å². The summed E-state index contributed by atoms with van der Waals surface area (Å²) < 4.78 is 7.18. The summed E-state index contributed by atoms with van der Waals surface area (Å²) >= 11 is 0. The molecule has 0 spiro atoms. The van der Waals surface area contributed by atoms with E-state index in [9.17, 15) is 9.59 Å². The fourth-order valence-corrected chi connectivity index (χ4v) is 3.97. The van der Waals surface area contributed by atoms with Gasteiger partial charge in [-0.2, -0.15) is 5.10 Å². The van der Waals surface area contributed by atoms with Gasteiger partial charge in [-0.1, -0.05) is 30.3 Å². The van der Waals surface area contributed by atoms with Crippen LogP contribution < -0.4 is 0 Å². The average Bonchev–Trinajstić information content (AvgIpc) is 3.04. The van der Waals surface area contributed by atoms with Gasteiger partial charge in [-0.3, -0.25) is 14.3 Å². The van der Waals surface area contributed by atoms with Crippen molar-refractivity contribution in [3.05, 3.63) is 53.3 Å². The van der Waals surface area contributed by atoms with Crippen molar-refractivity contribution in [2.45, 2.75) is 59.1 Å². The molecule has 2 heterocycles. The zero-order valence-electron chi connectivity index (χ0n) is 17.6. The second-order valence-corrected chi connectivity index (χ2v) is 7.99. The van der Waals surface area contributed by atoms with Crippen LogP contribution in [0.5, 0.6) is 0 Å². The number of likely N-dealkylation sites (tertiary alicyclic amines) is 1. The Morgan fingerprint density at radius 3 is 2.48 bits per heavy atom. The van der Waals surface area contributed by atoms with E-state index in [2.05, 4.69) is 29.4 Å². The summed E-state index contributed by atoms with van der Waals surface area (Å²) in [7, 11) is 0. The van der Waals surface area contributed by atoms with Gasteiger partial charge >= 0.3 is 5.97 Å². The van der Waals surface area contributed by atoms with Gasteiger partial charge in [-0.05, 0) is 57.6 Å². The van der Waals surface area contributed by atoms with Crippen molar-refractivity contribution in [2.75, 3.05) is 13.1 Å². The predicted molar refractivity (Wildman–Crippen MR) is 111 cm³/mol. The molecular formula is C23H31N3O3. The fraction of sp³-hybridized carbons (Fsp3) is 0.522. The molecule has 1 aliphatic rings. The normalized spacial score (nSPS) is 15.9. The number of ether oxygens (including phenoxy) is 1. The Balaban J connectivity index is 1.40. The minimum absolute atomic E-state index is 0.0948. The fourth-order valence-electron chi connectivity index (χ4n) is 3.97. The minimum Gasteiger partial charge on any atom is -0.452 e. The second kappa shape index (κ2) is 9.72. The molecule has 2 aromatic rings. The molecule has 29 heavy (non-hydrogen) atoms. The van der Waals surface area contributed by atoms with Gasteiger partial charge in [-0.15, -0.1) is 0 Å². The summed E-state index contributed by atoms with van der Waals surface area (Å²) in [5.41, 5.74) is 3.29. The number of aryl methyl sites for hydroxylation is 3. The molecule has 3 rings (SSSR count). The monoisotopic (exact) mass is 397 g/mol. The van der Waals surface area contributed by atoms with Crippen LogP contribution in [0.4, 0.5) is 0 Å². The lowest BCUT2D eigenvalue weighted by molar-refractivity contribution is -0.160. The number of aromatic nitrogens is 2. The Morgan fingerprint density at radius 1 is 1.17 bits per heavy atom. The van der Waals surface area contributed by atoms with Gasteiger partial charge in [0.15, 0.2) is 6.10 Å². The van der Waals surface area contributed by atoms with Crippen molar-refractivity contribution < 1.29 is 14.3 Å². The Hall–Kier alpha value is -2.63. The Kier molecular flexibility index (Phi) is 7.07. The van der Waals surface area contributed by atoms with Gasteiger partial charge in [-0.25, -0.2) is 0 Å². The maximum absolute atomic E-state index is 12.7. The van der Waals surface area contributed by atoms with Crippen LogP contribution in [-0.2, 0) is 27.3 Å². The molecule has 1 amide bonds. The van der Waals surface area contributed by atoms with E-state index in [4.69, 9.17) is 4.74 Å². The molecule has 1 saturated heterocycles. The summed E-state index contributed by atoms with van der Waals surface area (Å²) in [4.78, 5) is 26.6. The standard InChI is InChI=1S/C23H31N3O3/c1-17-15-18(2)26(24-17)14-11-22(27)29-19(3)23(28)25-12-9-21(10-13-25)16-20-7-5-4-6-8-20/h4-8,15,19,21H,9-14,16H2,1-3H3. The van der Waals surface area contributed by atoms with Crippen LogP contribution in [0.1, 0.15) is 43.1 Å². The number of amides is 1. The highest BCUT2D eigenvalue weighted by Gasteiger charge is 2.28. The number of piperidine rings is 1. The molecule has 1 unspecified atom stereocenters. The summed E-state index contributed by atoms with van der Waals surface area (Å²) in [5.74, 6) is 0.139. The van der Waals surface area contributed by atoms with Crippen molar-refractivity contribution in [3.63, 3.8) is 0 Å². The molecule has 0 radical (unpaired) electrons. The third kappa shape index (κ3) is 5.92. The third-order valence-electron chi connectivity index (χ3n) is 5.58. The van der Waals surface area contributed by atoms with Crippen LogP contribution in [0.15, 0.2) is 36.4 Å². The van der Waals surface area contributed by atoms with Crippen molar-refractivity contribution in [1.29, 1.82) is 0 Å². The smallest absolute Gasteiger partial charge is 0.308 e. The van der Waals surface area contributed by atoms with Crippen molar-refractivity contribution in [2.24, 2.45) is 5.92 Å². The van der Waals surface area contributed by atoms with Gasteiger partial charge in [0.05, 0.1) is 18.7 Å². The highest BCUT2D eigenvalue weighted by Crippen LogP contribution is 2.22. The van der Waals surface area contributed by atoms with E-state index in [1.165, 1.54) is 5.56 Å². The SMILES string of the molecule is Cc1cc(C)n(CCC(=O)OC(C)C(=O)N2CCC(Cc3ccccc3)CC2)n1. The van der Waals surface area contributed by atoms with Gasteiger partial charge < -0.3 is 9.64 Å². The quantitative estimate of drug-likeness (QED) is 0.673. The van der Waals surface area contributed by atoms with Crippen LogP contribution in [0, 0.1) is 19.8 Å². The Labute approximate surface area is 172 Å². The maximum atomic E-state index is 12.7. The number of esters is 1. The second-order valence-electron chi connectivity index (χ2n) is 7.99. The average molecular weight is 398 g/mol. The molecule has 1 aliphatic heterocycles. The Bertz CT molecular complexity index is 823. The number of nitrogens with zero attached hydrogens (tertiary/aromatic N) is 3. The summed E-state index contributed by atoms with van der Waals surface area (Å²) in [5, 5.41) is 4.34. The number of carbonyl (C=O) groups excluding carboxylic acids is 2. The molecule has 1 atom stereocenters. The van der Waals surface area contributed by atoms with Crippen LogP contribution >= 0.6 is 0 Å². The number of hydrogen-bond acceptors (Lipinski definition) is 4. The molecule has 1 fully saturated rings. The largest absolute Gasteiger partial charge is 0.452 e. The minimum atomic E-state index is -0.742. The van der Waals surface area contributed by atoms with Crippen LogP contribution in [0.3, 0.4) is 0 Å². The van der Waals surface area contributed by atoms with Crippen molar-refractivity contribution in [3.8, 4) is 0 Å². The zero-order valence-corrected chi connectivity index (χ0v) is 17.6. The van der Waals surface area contributed by atoms with Crippen molar-refractivity contribution >= 4 is 11.9 Å². The molecule has 0 N–H and O–H groups in total. The van der Waals surface area contributed by atoms with E-state index in [1.807, 2.05) is 30.9 Å². The van der Waals surface area contributed by atoms with E-state index < -0.39 is 6.10 Å². The molecule has 1 aromatic carbocycles. The van der Waals surface area contributed by atoms with Gasteiger partial charge in [0.25, 0.3) is 5.91 Å². The molecule has 1 aromatic heterocycles. The van der Waals surface area contributed by atoms with E-state index in [1.54, 1.807) is 11.6 Å². The summed E-state index contributed by atoms with van der Waals surface area (Å²) in [6.45, 7) is 7.46. The first-order valence-electron chi connectivity index (χ1n) is 10.5. The van der Waals surface area contributed by atoms with Crippen LogP contribution in [0.2, 0.25) is 0 Å². The topological polar surface area (TPSA) is 64.4 Å². The van der Waals surface area contributed by atoms with Gasteiger partial charge in [0.1, 0.15) is 0 Å². The lowest BCUT2D eigenvalue weighted by Gasteiger charge is -2.33. The first-order chi connectivity index (χ1) is 13.9. The van der Waals surface area contributed by atoms with E-state index in [-0.39, 0.29) is 18.3 Å². The Morgan fingerprint density at radius 2 is 1.86 bits per heavy atom. The summed E-state index contributed by atoms with van der Waals surface area (Å²) in [6.07, 6.45) is 2.49. The lowest BCUT2D eigenvalue weighted by Crippen LogP contribution is -2.44. The predicted octanol–water partition coefficient (Wildman–Crippen LogP) is 3.30. The first kappa shape index (κ1) is 21.1. The lowest BCUT2D eigenvalue weighted by atomic mass is 9.90. The highest BCUT2D eigenvalue weighted by molar-refractivity contribution is 5.83. The molecule has 0 aliphatic carbocycles. The third-order valence-corrected chi connectivity index (χ3v) is 5.58. The van der Waals surface area contributed by atoms with Gasteiger partial charge in [0.2, 0.25) is 0 Å².